The number of benzene rings is 6. The molecule has 0 heteroatoms. The second-order valence-corrected chi connectivity index (χ2v) is 8.93. The van der Waals surface area contributed by atoms with Gasteiger partial charge in [0.1, 0.15) is 0 Å². The maximum Gasteiger partial charge on any atom is 0.0636 e. The molecule has 0 saturated heterocycles. The van der Waals surface area contributed by atoms with E-state index in [1.54, 1.807) is 0 Å². The van der Waals surface area contributed by atoms with Crippen LogP contribution in [0.25, 0.3) is 54.6 Å². The molecular weight excluding hydrogens is 396 g/mol. The molecule has 0 unspecified atom stereocenters. The molecule has 0 bridgehead atoms. The third kappa shape index (κ3) is 2.52. The zero-order valence-corrected chi connectivity index (χ0v) is 18.0. The zero-order valence-electron chi connectivity index (χ0n) is 29.0. The van der Waals surface area contributed by atoms with E-state index < -0.39 is 65.8 Å². The molecule has 1 aliphatic carbocycles. The Balaban J connectivity index is 1.78. The van der Waals surface area contributed by atoms with Crippen LogP contribution in [0.2, 0.25) is 0 Å². The molecule has 0 radical (unpaired) electrons. The molecule has 1 aliphatic rings. The van der Waals surface area contributed by atoms with Crippen molar-refractivity contribution in [2.75, 3.05) is 0 Å². The Morgan fingerprint density at radius 3 is 2.21 bits per heavy atom. The first kappa shape index (κ1) is 10.8. The van der Waals surface area contributed by atoms with Crippen molar-refractivity contribution in [2.45, 2.75) is 19.3 Å². The van der Waals surface area contributed by atoms with E-state index in [0.717, 1.165) is 22.3 Å². The van der Waals surface area contributed by atoms with Crippen LogP contribution >= 0.6 is 0 Å². The SMILES string of the molecule is [2H]c1c([2H])c([2H])c2c([2H])c3c(c([2H])c([2H])c4c([2H])c([2H])c([2H])c([2H])c43)c(-c3ccc4c(c3)C(C)(C)c3ccccc3-4)c2c1[2H]. The quantitative estimate of drug-likeness (QED) is 0.180. The summed E-state index contributed by atoms with van der Waals surface area (Å²) in [6.07, 6.45) is 0. The molecule has 7 rings (SSSR count). The van der Waals surface area contributed by atoms with Gasteiger partial charge in [-0.15, -0.1) is 0 Å². The van der Waals surface area contributed by atoms with Crippen LogP contribution in [0.4, 0.5) is 0 Å². The van der Waals surface area contributed by atoms with Gasteiger partial charge in [-0.05, 0) is 77.8 Å². The van der Waals surface area contributed by atoms with Crippen molar-refractivity contribution in [3.05, 3.63) is 120 Å². The summed E-state index contributed by atoms with van der Waals surface area (Å²) in [5.74, 6) is 0. The van der Waals surface area contributed by atoms with E-state index in [1.807, 2.05) is 36.4 Å². The Bertz CT molecular complexity index is 2320. The minimum Gasteiger partial charge on any atom is -0.0619 e. The third-order valence-electron chi connectivity index (χ3n) is 6.81. The van der Waals surface area contributed by atoms with Crippen LogP contribution in [0.5, 0.6) is 0 Å². The van der Waals surface area contributed by atoms with Gasteiger partial charge in [0.15, 0.2) is 0 Å². The van der Waals surface area contributed by atoms with E-state index in [0.29, 0.717) is 5.56 Å². The number of rotatable bonds is 1. The molecule has 156 valence electrons. The van der Waals surface area contributed by atoms with E-state index >= 15 is 0 Å². The molecular formula is C33H24. The maximum absolute atomic E-state index is 9.27. The number of fused-ring (bicyclic) bond motifs is 7. The highest BCUT2D eigenvalue weighted by molar-refractivity contribution is 6.20. The lowest BCUT2D eigenvalue weighted by atomic mass is 9.81. The van der Waals surface area contributed by atoms with Crippen molar-refractivity contribution < 1.29 is 15.1 Å². The van der Waals surface area contributed by atoms with Crippen molar-refractivity contribution in [1.29, 1.82) is 0 Å². The molecule has 33 heavy (non-hydrogen) atoms. The lowest BCUT2D eigenvalue weighted by molar-refractivity contribution is 0.660. The molecule has 0 nitrogen and oxygen atoms in total. The predicted octanol–water partition coefficient (Wildman–Crippen LogP) is 9.12. The topological polar surface area (TPSA) is 0 Å². The lowest BCUT2D eigenvalue weighted by Crippen LogP contribution is -2.14. The molecule has 6 aromatic carbocycles. The molecule has 0 atom stereocenters. The van der Waals surface area contributed by atoms with Crippen LogP contribution in [-0.2, 0) is 5.41 Å². The molecule has 0 amide bonds. The summed E-state index contributed by atoms with van der Waals surface area (Å²) in [5, 5.41) is -0.450. The van der Waals surface area contributed by atoms with Gasteiger partial charge in [-0.2, -0.15) is 0 Å². The van der Waals surface area contributed by atoms with E-state index in [2.05, 4.69) is 19.9 Å². The van der Waals surface area contributed by atoms with Crippen LogP contribution in [0.3, 0.4) is 0 Å². The first-order chi connectivity index (χ1) is 20.7. The highest BCUT2D eigenvalue weighted by Gasteiger charge is 2.35. The van der Waals surface area contributed by atoms with Crippen LogP contribution in [0, 0.1) is 0 Å². The monoisotopic (exact) mass is 431 g/mol. The van der Waals surface area contributed by atoms with Gasteiger partial charge in [-0.3, -0.25) is 0 Å². The van der Waals surface area contributed by atoms with Crippen LogP contribution in [0.1, 0.15) is 40.1 Å². The fourth-order valence-electron chi connectivity index (χ4n) is 5.21. The summed E-state index contributed by atoms with van der Waals surface area (Å²) in [4.78, 5) is 0. The summed E-state index contributed by atoms with van der Waals surface area (Å²) in [7, 11) is 0. The fourth-order valence-corrected chi connectivity index (χ4v) is 5.21. The summed E-state index contributed by atoms with van der Waals surface area (Å²) in [6.45, 7) is 4.19. The third-order valence-corrected chi connectivity index (χ3v) is 6.81. The predicted molar refractivity (Wildman–Crippen MR) is 142 cm³/mol. The second kappa shape index (κ2) is 6.56. The number of hydrogen-bond donors (Lipinski definition) is 0. The van der Waals surface area contributed by atoms with E-state index in [-0.39, 0.29) is 43.9 Å². The smallest absolute Gasteiger partial charge is 0.0619 e. The average Bonchev–Trinajstić information content (AvgIpc) is 3.24. The van der Waals surface area contributed by atoms with E-state index in [9.17, 15) is 1.37 Å². The summed E-state index contributed by atoms with van der Waals surface area (Å²) >= 11 is 0. The Morgan fingerprint density at radius 2 is 1.33 bits per heavy atom. The average molecular weight is 432 g/mol. The minimum absolute atomic E-state index is 0.0230. The van der Waals surface area contributed by atoms with Crippen LogP contribution in [-0.4, -0.2) is 0 Å². The largest absolute Gasteiger partial charge is 0.0636 e. The van der Waals surface area contributed by atoms with Crippen molar-refractivity contribution >= 4 is 32.3 Å². The maximum atomic E-state index is 9.27. The summed E-state index contributed by atoms with van der Waals surface area (Å²) < 4.78 is 95.8. The Kier molecular flexibility index (Phi) is 2.15. The second-order valence-electron chi connectivity index (χ2n) is 8.93. The first-order valence-corrected chi connectivity index (χ1v) is 10.8. The van der Waals surface area contributed by atoms with Gasteiger partial charge in [0.05, 0.1) is 15.1 Å². The molecule has 6 aromatic rings. The molecule has 0 N–H and O–H groups in total. The van der Waals surface area contributed by atoms with Gasteiger partial charge < -0.3 is 0 Å². The molecule has 0 saturated carbocycles. The minimum atomic E-state index is -0.565. The van der Waals surface area contributed by atoms with Crippen LogP contribution in [0.15, 0.2) is 109 Å². The lowest BCUT2D eigenvalue weighted by Gasteiger charge is -2.22. The Hall–Kier alpha value is -3.90. The summed E-state index contributed by atoms with van der Waals surface area (Å²) in [5.41, 5.74) is 4.49. The van der Waals surface area contributed by atoms with Crippen molar-refractivity contribution in [2.24, 2.45) is 0 Å². The van der Waals surface area contributed by atoms with E-state index in [1.165, 1.54) is 0 Å². The van der Waals surface area contributed by atoms with Crippen molar-refractivity contribution in [3.8, 4) is 22.3 Å². The highest BCUT2D eigenvalue weighted by atomic mass is 14.4. The molecule has 0 aromatic heterocycles. The van der Waals surface area contributed by atoms with Gasteiger partial charge in [-0.1, -0.05) is 111 Å². The van der Waals surface area contributed by atoms with E-state index in [4.69, 9.17) is 13.7 Å². The molecule has 0 fully saturated rings. The summed E-state index contributed by atoms with van der Waals surface area (Å²) in [6, 6.07) is 8.51. The molecule has 0 aliphatic heterocycles. The van der Waals surface area contributed by atoms with Crippen LogP contribution < -0.4 is 0 Å². The number of hydrogen-bond acceptors (Lipinski definition) is 0. The zero-order chi connectivity index (χ0) is 31.7. The van der Waals surface area contributed by atoms with Gasteiger partial charge >= 0.3 is 0 Å². The Labute approximate surface area is 209 Å². The first-order valence-electron chi connectivity index (χ1n) is 16.3. The standard InChI is InChI=1S/C33H24/c1-33(2)30-14-8-7-13-26(30)27-17-16-23(20-31(27)33)32-25-12-6-4-10-22(25)19-29-24-11-5-3-9-21(24)15-18-28(29)32/h3-20H,1-2H3/i3D,4D,5D,6D,9D,10D,11D,12D,15D,18D,19D. The molecule has 0 heterocycles. The highest BCUT2D eigenvalue weighted by Crippen LogP contribution is 2.50. The van der Waals surface area contributed by atoms with Gasteiger partial charge in [0, 0.05) is 5.41 Å². The van der Waals surface area contributed by atoms with Gasteiger partial charge in [0.25, 0.3) is 0 Å². The van der Waals surface area contributed by atoms with Crippen molar-refractivity contribution in [1.82, 2.24) is 0 Å². The van der Waals surface area contributed by atoms with Crippen molar-refractivity contribution in [3.63, 3.8) is 0 Å². The normalized spacial score (nSPS) is 18.7. The fraction of sp³-hybridized carbons (Fsp3) is 0.0909. The van der Waals surface area contributed by atoms with Gasteiger partial charge in [0.2, 0.25) is 0 Å². The Morgan fingerprint density at radius 1 is 0.606 bits per heavy atom. The molecule has 0 spiro atoms. The van der Waals surface area contributed by atoms with Gasteiger partial charge in [-0.25, -0.2) is 0 Å².